The molecule has 0 aromatic heterocycles. The Morgan fingerprint density at radius 2 is 1.72 bits per heavy atom. The molecular weight excluding hydrogens is 253 g/mol. The van der Waals surface area contributed by atoms with Crippen LogP contribution in [0.5, 0.6) is 0 Å². The van der Waals surface area contributed by atoms with Crippen molar-refractivity contribution in [2.24, 2.45) is 17.4 Å². The van der Waals surface area contributed by atoms with Gasteiger partial charge in [0.15, 0.2) is 0 Å². The third-order valence-corrected chi connectivity index (χ3v) is 2.16. The van der Waals surface area contributed by atoms with E-state index in [2.05, 4.69) is 10.6 Å². The number of rotatable bonds is 7. The molecule has 0 rings (SSSR count). The number of nitrogens with one attached hydrogen (secondary N) is 2. The molecule has 6 nitrogen and oxygen atoms in total. The molecule has 1 atom stereocenters. The summed E-state index contributed by atoms with van der Waals surface area (Å²) in [7, 11) is 0. The lowest BCUT2D eigenvalue weighted by atomic mass is 10.0. The van der Waals surface area contributed by atoms with E-state index in [4.69, 9.17) is 11.5 Å². The van der Waals surface area contributed by atoms with E-state index in [0.29, 0.717) is 0 Å². The van der Waals surface area contributed by atoms with Crippen LogP contribution in [0.15, 0.2) is 0 Å². The van der Waals surface area contributed by atoms with Crippen molar-refractivity contribution in [3.05, 3.63) is 0 Å². The predicted molar refractivity (Wildman–Crippen MR) is 58.4 cm³/mol. The van der Waals surface area contributed by atoms with E-state index in [1.54, 1.807) is 0 Å². The second-order valence-corrected chi connectivity index (χ2v) is 3.66. The highest BCUT2D eigenvalue weighted by atomic mass is 19.4. The minimum Gasteiger partial charge on any atom is -0.354 e. The van der Waals surface area contributed by atoms with E-state index in [0.717, 1.165) is 0 Å². The highest BCUT2D eigenvalue weighted by Gasteiger charge is 2.39. The average molecular weight is 270 g/mol. The zero-order valence-corrected chi connectivity index (χ0v) is 9.72. The second-order valence-electron chi connectivity index (χ2n) is 3.66. The fraction of sp³-hybridized carbons (Fsp3) is 0.778. The van der Waals surface area contributed by atoms with E-state index in [-0.39, 0.29) is 26.1 Å². The van der Waals surface area contributed by atoms with Crippen molar-refractivity contribution in [2.75, 3.05) is 19.6 Å². The van der Waals surface area contributed by atoms with E-state index in [1.165, 1.54) is 0 Å². The molecule has 106 valence electrons. The van der Waals surface area contributed by atoms with Crippen molar-refractivity contribution in [3.63, 3.8) is 0 Å². The van der Waals surface area contributed by atoms with Gasteiger partial charge in [-0.05, 0) is 13.0 Å². The van der Waals surface area contributed by atoms with E-state index in [9.17, 15) is 22.8 Å². The highest BCUT2D eigenvalue weighted by Crippen LogP contribution is 2.30. The quantitative estimate of drug-likeness (QED) is 0.476. The maximum atomic E-state index is 12.5. The Bertz CT molecular complexity index is 283. The summed E-state index contributed by atoms with van der Waals surface area (Å²) in [6.07, 6.45) is -5.41. The lowest BCUT2D eigenvalue weighted by Gasteiger charge is -2.19. The maximum absolute atomic E-state index is 12.5. The van der Waals surface area contributed by atoms with E-state index >= 15 is 0 Å². The van der Waals surface area contributed by atoms with Gasteiger partial charge in [0.05, 0.1) is 5.92 Å². The Labute approximate surface area is 102 Å². The Hall–Kier alpha value is -1.51. The molecule has 0 heterocycles. The second kappa shape index (κ2) is 7.75. The van der Waals surface area contributed by atoms with Gasteiger partial charge in [-0.25, -0.2) is 4.79 Å². The molecule has 0 saturated heterocycles. The summed E-state index contributed by atoms with van der Waals surface area (Å²) in [6.45, 7) is -0.0513. The lowest BCUT2D eigenvalue weighted by Crippen LogP contribution is -2.39. The van der Waals surface area contributed by atoms with Gasteiger partial charge in [0, 0.05) is 19.5 Å². The number of nitrogens with two attached hydrogens (primary N) is 2. The number of hydrogen-bond acceptors (Lipinski definition) is 3. The first-order valence-corrected chi connectivity index (χ1v) is 5.34. The van der Waals surface area contributed by atoms with Gasteiger partial charge < -0.3 is 22.1 Å². The maximum Gasteiger partial charge on any atom is 0.392 e. The van der Waals surface area contributed by atoms with Crippen LogP contribution in [0.4, 0.5) is 18.0 Å². The molecular formula is C9H17F3N4O2. The van der Waals surface area contributed by atoms with Crippen LogP contribution in [0.3, 0.4) is 0 Å². The van der Waals surface area contributed by atoms with Gasteiger partial charge in [-0.1, -0.05) is 0 Å². The number of carbonyl (C=O) groups is 2. The van der Waals surface area contributed by atoms with Crippen molar-refractivity contribution in [1.29, 1.82) is 0 Å². The molecule has 0 bridgehead atoms. The summed E-state index contributed by atoms with van der Waals surface area (Å²) in [5, 5.41) is 4.44. The van der Waals surface area contributed by atoms with Crippen molar-refractivity contribution in [3.8, 4) is 0 Å². The Balaban J connectivity index is 3.99. The molecule has 0 aromatic rings. The number of alkyl halides is 3. The van der Waals surface area contributed by atoms with Crippen molar-refractivity contribution in [2.45, 2.75) is 19.0 Å². The third-order valence-electron chi connectivity index (χ3n) is 2.16. The van der Waals surface area contributed by atoms with Gasteiger partial charge >= 0.3 is 12.2 Å². The van der Waals surface area contributed by atoms with Crippen LogP contribution in [0.25, 0.3) is 0 Å². The van der Waals surface area contributed by atoms with Crippen LogP contribution in [0.2, 0.25) is 0 Å². The summed E-state index contributed by atoms with van der Waals surface area (Å²) >= 11 is 0. The first-order valence-electron chi connectivity index (χ1n) is 5.34. The molecule has 0 aliphatic heterocycles. The van der Waals surface area contributed by atoms with Crippen LogP contribution in [0.1, 0.15) is 12.8 Å². The van der Waals surface area contributed by atoms with Gasteiger partial charge in [0.2, 0.25) is 5.91 Å². The standard InChI is InChI=1S/C9H17F3N4O2/c10-9(11,12)6(1-2-13)5-7(17)15-3-4-16-8(14)18/h6H,1-5,13H2,(H,15,17)(H3,14,16,18). The molecule has 18 heavy (non-hydrogen) atoms. The SMILES string of the molecule is NCCC(CC(=O)NCCNC(N)=O)C(F)(F)F. The first-order chi connectivity index (χ1) is 8.27. The van der Waals surface area contributed by atoms with Crippen LogP contribution in [-0.2, 0) is 4.79 Å². The molecule has 0 aromatic carbocycles. The van der Waals surface area contributed by atoms with E-state index in [1.807, 2.05) is 0 Å². The summed E-state index contributed by atoms with van der Waals surface area (Å²) < 4.78 is 37.4. The fourth-order valence-corrected chi connectivity index (χ4v) is 1.27. The van der Waals surface area contributed by atoms with Crippen LogP contribution < -0.4 is 22.1 Å². The lowest BCUT2D eigenvalue weighted by molar-refractivity contribution is -0.180. The largest absolute Gasteiger partial charge is 0.392 e. The Kier molecular flexibility index (Phi) is 7.10. The Morgan fingerprint density at radius 1 is 1.17 bits per heavy atom. The number of amides is 3. The molecule has 0 saturated carbocycles. The van der Waals surface area contributed by atoms with Crippen molar-refractivity contribution in [1.82, 2.24) is 10.6 Å². The molecule has 0 aliphatic carbocycles. The van der Waals surface area contributed by atoms with Gasteiger partial charge in [0.25, 0.3) is 0 Å². The molecule has 3 amide bonds. The topological polar surface area (TPSA) is 110 Å². The summed E-state index contributed by atoms with van der Waals surface area (Å²) in [6, 6.07) is -0.763. The van der Waals surface area contributed by atoms with Gasteiger partial charge in [0.1, 0.15) is 0 Å². The van der Waals surface area contributed by atoms with Crippen molar-refractivity contribution < 1.29 is 22.8 Å². The molecule has 0 spiro atoms. The number of primary amides is 1. The monoisotopic (exact) mass is 270 g/mol. The van der Waals surface area contributed by atoms with Crippen LogP contribution in [-0.4, -0.2) is 37.7 Å². The van der Waals surface area contributed by atoms with Gasteiger partial charge in [-0.3, -0.25) is 4.79 Å². The number of carbonyl (C=O) groups excluding carboxylic acids is 2. The summed E-state index contributed by atoms with van der Waals surface area (Å²) in [4.78, 5) is 21.5. The summed E-state index contributed by atoms with van der Waals surface area (Å²) in [5.74, 6) is -2.48. The molecule has 0 aliphatic rings. The van der Waals surface area contributed by atoms with E-state index < -0.39 is 30.5 Å². The fourth-order valence-electron chi connectivity index (χ4n) is 1.27. The minimum absolute atomic E-state index is 0.0228. The number of halogens is 3. The zero-order chi connectivity index (χ0) is 14.2. The molecule has 0 fully saturated rings. The van der Waals surface area contributed by atoms with Crippen molar-refractivity contribution >= 4 is 11.9 Å². The van der Waals surface area contributed by atoms with Crippen LogP contribution >= 0.6 is 0 Å². The van der Waals surface area contributed by atoms with Gasteiger partial charge in [-0.2, -0.15) is 13.2 Å². The van der Waals surface area contributed by atoms with Crippen LogP contribution in [0, 0.1) is 5.92 Å². The predicted octanol–water partition coefficient (Wildman–Crippen LogP) is -0.312. The van der Waals surface area contributed by atoms with Gasteiger partial charge in [-0.15, -0.1) is 0 Å². The number of hydrogen-bond donors (Lipinski definition) is 4. The summed E-state index contributed by atoms with van der Waals surface area (Å²) in [5.41, 5.74) is 9.82. The molecule has 1 unspecified atom stereocenters. The Morgan fingerprint density at radius 3 is 2.17 bits per heavy atom. The third kappa shape index (κ3) is 7.71. The molecule has 6 N–H and O–H groups in total. The number of urea groups is 1. The highest BCUT2D eigenvalue weighted by molar-refractivity contribution is 5.76. The average Bonchev–Trinajstić information content (AvgIpc) is 2.22. The molecule has 0 radical (unpaired) electrons. The normalized spacial score (nSPS) is 12.9. The molecule has 9 heteroatoms. The first kappa shape index (κ1) is 16.5. The zero-order valence-electron chi connectivity index (χ0n) is 9.72. The smallest absolute Gasteiger partial charge is 0.354 e. The minimum atomic E-state index is -4.44.